The second kappa shape index (κ2) is 13.7. The van der Waals surface area contributed by atoms with E-state index in [9.17, 15) is 0 Å². The average molecular weight is 543 g/mol. The molecule has 1 N–H and O–H groups in total. The van der Waals surface area contributed by atoms with Gasteiger partial charge in [0.2, 0.25) is 0 Å². The first-order valence-electron chi connectivity index (χ1n) is 14.1. The molecule has 214 valence electrons. The first-order valence-corrected chi connectivity index (χ1v) is 14.1. The molecular weight excluding hydrogens is 500 g/mol. The van der Waals surface area contributed by atoms with E-state index in [0.29, 0.717) is 46.2 Å². The summed E-state index contributed by atoms with van der Waals surface area (Å²) in [7, 11) is 3.45. The summed E-state index contributed by atoms with van der Waals surface area (Å²) in [5.41, 5.74) is 2.67. The maximum Gasteiger partial charge on any atom is 0.142 e. The normalized spacial score (nSPS) is 22.4. The number of benzene rings is 2. The van der Waals surface area contributed by atoms with Crippen LogP contribution >= 0.6 is 0 Å². The highest BCUT2D eigenvalue weighted by Crippen LogP contribution is 2.44. The number of nitrogens with zero attached hydrogens (tertiary/aromatic N) is 1. The highest BCUT2D eigenvalue weighted by atomic mass is 16.6. The topological polar surface area (TPSA) is 79.9 Å². The van der Waals surface area contributed by atoms with E-state index in [1.54, 1.807) is 14.2 Å². The van der Waals surface area contributed by atoms with Gasteiger partial charge in [0, 0.05) is 58.6 Å². The van der Waals surface area contributed by atoms with Crippen molar-refractivity contribution in [3.05, 3.63) is 47.5 Å². The smallest absolute Gasteiger partial charge is 0.142 e. The van der Waals surface area contributed by atoms with E-state index in [0.717, 1.165) is 79.6 Å². The first kappa shape index (κ1) is 28.0. The van der Waals surface area contributed by atoms with Crippen molar-refractivity contribution in [3.8, 4) is 17.2 Å². The summed E-state index contributed by atoms with van der Waals surface area (Å²) in [4.78, 5) is 2.38. The van der Waals surface area contributed by atoms with Crippen LogP contribution in [0.4, 0.5) is 5.69 Å². The molecule has 0 amide bonds. The number of rotatable bonds is 12. The highest BCUT2D eigenvalue weighted by Gasteiger charge is 2.47. The Labute approximate surface area is 231 Å². The van der Waals surface area contributed by atoms with Gasteiger partial charge in [-0.1, -0.05) is 6.07 Å². The number of hydrogen-bond acceptors (Lipinski definition) is 9. The van der Waals surface area contributed by atoms with E-state index in [2.05, 4.69) is 34.5 Å². The lowest BCUT2D eigenvalue weighted by Crippen LogP contribution is -2.54. The van der Waals surface area contributed by atoms with Crippen LogP contribution in [0, 0.1) is 0 Å². The van der Waals surface area contributed by atoms with Gasteiger partial charge < -0.3 is 43.4 Å². The summed E-state index contributed by atoms with van der Waals surface area (Å²) in [6, 6.07) is 12.4. The largest absolute Gasteiger partial charge is 0.493 e. The molecule has 0 aliphatic carbocycles. The van der Waals surface area contributed by atoms with Crippen molar-refractivity contribution in [3.63, 3.8) is 0 Å². The second-order valence-corrected chi connectivity index (χ2v) is 10.2. The minimum absolute atomic E-state index is 0.176. The van der Waals surface area contributed by atoms with Gasteiger partial charge in [-0.2, -0.15) is 0 Å². The molecule has 2 aromatic rings. The van der Waals surface area contributed by atoms with Gasteiger partial charge in [0.1, 0.15) is 42.2 Å². The van der Waals surface area contributed by atoms with Crippen LogP contribution in [0.25, 0.3) is 0 Å². The summed E-state index contributed by atoms with van der Waals surface area (Å²) in [6.07, 6.45) is 2.44. The Morgan fingerprint density at radius 3 is 2.72 bits per heavy atom. The predicted octanol–water partition coefficient (Wildman–Crippen LogP) is 3.52. The molecule has 3 aliphatic rings. The molecule has 39 heavy (non-hydrogen) atoms. The zero-order valence-corrected chi connectivity index (χ0v) is 23.2. The number of anilines is 1. The standard InChI is InChI=1S/C30H42N2O7/c1-33-13-3-11-32-12-16-36-27-8-5-23(19-26(27)32)22-38-29-21-31-10-9-30(29)25-7-6-24(35-15-4-14-34-2)20-28(25)37-17-18-39-30/h5-8,19-20,29,31H,3-4,9-18,21-22H2,1-2H3/t29-,30-/m0/s1. The van der Waals surface area contributed by atoms with Gasteiger partial charge in [-0.15, -0.1) is 0 Å². The molecule has 0 aromatic heterocycles. The Bertz CT molecular complexity index is 1070. The molecule has 0 unspecified atom stereocenters. The average Bonchev–Trinajstić information content (AvgIpc) is 3.14. The van der Waals surface area contributed by atoms with Crippen LogP contribution in [0.3, 0.4) is 0 Å². The van der Waals surface area contributed by atoms with Crippen LogP contribution in [0.15, 0.2) is 36.4 Å². The molecule has 5 rings (SSSR count). The third-order valence-corrected chi connectivity index (χ3v) is 7.60. The van der Waals surface area contributed by atoms with Gasteiger partial charge in [0.15, 0.2) is 0 Å². The van der Waals surface area contributed by atoms with Crippen molar-refractivity contribution in [1.29, 1.82) is 0 Å². The molecule has 0 saturated carbocycles. The quantitative estimate of drug-likeness (QED) is 0.405. The summed E-state index contributed by atoms with van der Waals surface area (Å²) in [5, 5.41) is 3.51. The molecule has 9 heteroatoms. The van der Waals surface area contributed by atoms with E-state index < -0.39 is 5.60 Å². The Balaban J connectivity index is 1.31. The SMILES string of the molecule is COCCCOc1ccc2c(c1)OCCO[C@@]21CCNC[C@@H]1OCc1ccc2c(c1)N(CCCOC)CCO2. The molecule has 3 heterocycles. The Hall–Kier alpha value is -2.56. The van der Waals surface area contributed by atoms with Crippen LogP contribution in [-0.4, -0.2) is 86.1 Å². The van der Waals surface area contributed by atoms with Crippen molar-refractivity contribution < 1.29 is 33.2 Å². The van der Waals surface area contributed by atoms with Crippen LogP contribution in [-0.2, 0) is 31.2 Å². The van der Waals surface area contributed by atoms with Crippen LogP contribution in [0.2, 0.25) is 0 Å². The third kappa shape index (κ3) is 6.61. The van der Waals surface area contributed by atoms with E-state index in [1.807, 2.05) is 12.1 Å². The van der Waals surface area contributed by atoms with Crippen molar-refractivity contribution in [1.82, 2.24) is 5.32 Å². The monoisotopic (exact) mass is 542 g/mol. The molecule has 2 aromatic carbocycles. The molecule has 1 saturated heterocycles. The number of fused-ring (bicyclic) bond motifs is 3. The van der Waals surface area contributed by atoms with Crippen molar-refractivity contribution >= 4 is 5.69 Å². The fourth-order valence-electron chi connectivity index (χ4n) is 5.64. The predicted molar refractivity (Wildman–Crippen MR) is 148 cm³/mol. The van der Waals surface area contributed by atoms with Gasteiger partial charge in [-0.3, -0.25) is 0 Å². The summed E-state index contributed by atoms with van der Waals surface area (Å²) in [6.45, 7) is 7.56. The van der Waals surface area contributed by atoms with E-state index >= 15 is 0 Å². The Kier molecular flexibility index (Phi) is 9.81. The molecular formula is C30H42N2O7. The molecule has 2 atom stereocenters. The van der Waals surface area contributed by atoms with E-state index in [4.69, 9.17) is 33.2 Å². The Morgan fingerprint density at radius 2 is 1.82 bits per heavy atom. The van der Waals surface area contributed by atoms with E-state index in [-0.39, 0.29) is 6.10 Å². The first-order chi connectivity index (χ1) is 19.2. The molecule has 0 bridgehead atoms. The lowest BCUT2D eigenvalue weighted by atomic mass is 9.81. The number of hydrogen-bond donors (Lipinski definition) is 1. The zero-order chi connectivity index (χ0) is 26.9. The highest BCUT2D eigenvalue weighted by molar-refractivity contribution is 5.61. The molecule has 1 spiro atoms. The van der Waals surface area contributed by atoms with Crippen molar-refractivity contribution in [2.45, 2.75) is 37.6 Å². The second-order valence-electron chi connectivity index (χ2n) is 10.2. The van der Waals surface area contributed by atoms with Crippen molar-refractivity contribution in [2.75, 3.05) is 84.9 Å². The minimum Gasteiger partial charge on any atom is -0.493 e. The lowest BCUT2D eigenvalue weighted by molar-refractivity contribution is -0.168. The van der Waals surface area contributed by atoms with Gasteiger partial charge in [-0.25, -0.2) is 0 Å². The summed E-state index contributed by atoms with van der Waals surface area (Å²) in [5.74, 6) is 2.53. The number of methoxy groups -OCH3 is 2. The van der Waals surface area contributed by atoms with Gasteiger partial charge >= 0.3 is 0 Å². The van der Waals surface area contributed by atoms with Crippen LogP contribution in [0.1, 0.15) is 30.4 Å². The summed E-state index contributed by atoms with van der Waals surface area (Å²) >= 11 is 0. The Morgan fingerprint density at radius 1 is 0.949 bits per heavy atom. The van der Waals surface area contributed by atoms with Gasteiger partial charge in [-0.05, 0) is 49.2 Å². The van der Waals surface area contributed by atoms with Crippen molar-refractivity contribution in [2.24, 2.45) is 0 Å². The van der Waals surface area contributed by atoms with E-state index in [1.165, 1.54) is 0 Å². The number of ether oxygens (including phenoxy) is 7. The zero-order valence-electron chi connectivity index (χ0n) is 23.2. The fourth-order valence-corrected chi connectivity index (χ4v) is 5.64. The number of piperidine rings is 1. The molecule has 0 radical (unpaired) electrons. The molecule has 3 aliphatic heterocycles. The molecule has 9 nitrogen and oxygen atoms in total. The fraction of sp³-hybridized carbons (Fsp3) is 0.600. The van der Waals surface area contributed by atoms with Gasteiger partial charge in [0.05, 0.1) is 32.1 Å². The van der Waals surface area contributed by atoms with Crippen LogP contribution < -0.4 is 24.4 Å². The van der Waals surface area contributed by atoms with Gasteiger partial charge in [0.25, 0.3) is 0 Å². The maximum atomic E-state index is 6.65. The minimum atomic E-state index is -0.588. The summed E-state index contributed by atoms with van der Waals surface area (Å²) < 4.78 is 41.6. The molecule has 1 fully saturated rings. The maximum absolute atomic E-state index is 6.65. The number of nitrogens with one attached hydrogen (secondary N) is 1. The third-order valence-electron chi connectivity index (χ3n) is 7.60. The van der Waals surface area contributed by atoms with Crippen LogP contribution in [0.5, 0.6) is 17.2 Å². The lowest BCUT2D eigenvalue weighted by Gasteiger charge is -2.43.